The summed E-state index contributed by atoms with van der Waals surface area (Å²) in [7, 11) is 0. The van der Waals surface area contributed by atoms with Crippen LogP contribution in [0.5, 0.6) is 0 Å². The van der Waals surface area contributed by atoms with Gasteiger partial charge in [0.15, 0.2) is 6.29 Å². The minimum absolute atomic E-state index is 0.428. The summed E-state index contributed by atoms with van der Waals surface area (Å²) in [6.07, 6.45) is 3.99. The van der Waals surface area contributed by atoms with Crippen molar-refractivity contribution in [2.75, 3.05) is 0 Å². The maximum atomic E-state index is 10.6. The summed E-state index contributed by atoms with van der Waals surface area (Å²) in [6.45, 7) is 5.92. The Hall–Kier alpha value is -1.35. The van der Waals surface area contributed by atoms with Gasteiger partial charge in [0.05, 0.1) is 10.6 Å². The van der Waals surface area contributed by atoms with Crippen molar-refractivity contribution in [1.82, 2.24) is 9.97 Å². The number of pyridine rings is 1. The summed E-state index contributed by atoms with van der Waals surface area (Å²) in [5.41, 5.74) is 2.14. The normalized spacial score (nSPS) is 9.60. The summed E-state index contributed by atoms with van der Waals surface area (Å²) >= 11 is 6.00. The van der Waals surface area contributed by atoms with E-state index in [9.17, 15) is 4.79 Å². The third-order valence-electron chi connectivity index (χ3n) is 1.99. The second kappa shape index (κ2) is 4.94. The van der Waals surface area contributed by atoms with Gasteiger partial charge in [0.1, 0.15) is 5.65 Å². The van der Waals surface area contributed by atoms with E-state index in [1.54, 1.807) is 0 Å². The van der Waals surface area contributed by atoms with E-state index in [1.807, 2.05) is 27.0 Å². The first-order valence-electron chi connectivity index (χ1n) is 4.81. The van der Waals surface area contributed by atoms with E-state index in [0.717, 1.165) is 10.9 Å². The third-order valence-corrected chi connectivity index (χ3v) is 2.40. The number of aromatic nitrogens is 2. The van der Waals surface area contributed by atoms with Crippen LogP contribution in [0.3, 0.4) is 0 Å². The molecule has 80 valence electrons. The van der Waals surface area contributed by atoms with Gasteiger partial charge in [0.2, 0.25) is 0 Å². The van der Waals surface area contributed by atoms with Gasteiger partial charge in [-0.15, -0.1) is 0 Å². The van der Waals surface area contributed by atoms with E-state index >= 15 is 0 Å². The van der Waals surface area contributed by atoms with Crippen molar-refractivity contribution < 1.29 is 4.79 Å². The highest BCUT2D eigenvalue weighted by atomic mass is 35.5. The predicted molar refractivity (Wildman–Crippen MR) is 62.6 cm³/mol. The molecule has 0 saturated heterocycles. The molecule has 0 aliphatic heterocycles. The fourth-order valence-corrected chi connectivity index (χ4v) is 1.64. The molecule has 0 aromatic carbocycles. The van der Waals surface area contributed by atoms with Gasteiger partial charge in [-0.25, -0.2) is 4.98 Å². The average Bonchev–Trinajstić information content (AvgIpc) is 2.65. The van der Waals surface area contributed by atoms with Gasteiger partial charge in [-0.2, -0.15) is 0 Å². The molecular formula is C11H13ClN2O. The Morgan fingerprint density at radius 1 is 1.47 bits per heavy atom. The number of aldehydes is 1. The molecule has 3 nitrogen and oxygen atoms in total. The number of halogens is 1. The van der Waals surface area contributed by atoms with Crippen molar-refractivity contribution in [3.8, 4) is 0 Å². The lowest BCUT2D eigenvalue weighted by Gasteiger charge is -1.97. The molecule has 2 heterocycles. The molecule has 0 radical (unpaired) electrons. The molecule has 0 spiro atoms. The van der Waals surface area contributed by atoms with Crippen LogP contribution < -0.4 is 0 Å². The predicted octanol–water partition coefficient (Wildman–Crippen LogP) is 3.36. The topological polar surface area (TPSA) is 45.8 Å². The Morgan fingerprint density at radius 2 is 2.13 bits per heavy atom. The first-order chi connectivity index (χ1) is 7.24. The van der Waals surface area contributed by atoms with Gasteiger partial charge >= 0.3 is 0 Å². The number of hydrogen-bond donors (Lipinski definition) is 1. The number of aryl methyl sites for hydroxylation is 1. The van der Waals surface area contributed by atoms with Crippen molar-refractivity contribution in [1.29, 1.82) is 0 Å². The number of H-pyrrole nitrogens is 1. The Bertz CT molecular complexity index is 477. The van der Waals surface area contributed by atoms with Crippen LogP contribution in [-0.2, 0) is 0 Å². The molecule has 0 saturated carbocycles. The van der Waals surface area contributed by atoms with Crippen LogP contribution in [0.4, 0.5) is 0 Å². The van der Waals surface area contributed by atoms with Gasteiger partial charge in [0.25, 0.3) is 0 Å². The zero-order valence-electron chi connectivity index (χ0n) is 8.97. The van der Waals surface area contributed by atoms with Crippen LogP contribution in [0.1, 0.15) is 29.8 Å². The number of fused-ring (bicyclic) bond motifs is 1. The first-order valence-corrected chi connectivity index (χ1v) is 5.19. The van der Waals surface area contributed by atoms with Crippen LogP contribution in [-0.4, -0.2) is 16.3 Å². The van der Waals surface area contributed by atoms with Crippen molar-refractivity contribution in [2.45, 2.75) is 20.8 Å². The minimum Gasteiger partial charge on any atom is -0.346 e. The molecule has 4 heteroatoms. The first kappa shape index (κ1) is 11.7. The molecule has 1 N–H and O–H groups in total. The van der Waals surface area contributed by atoms with E-state index in [4.69, 9.17) is 11.6 Å². The highest BCUT2D eigenvalue weighted by molar-refractivity contribution is 6.37. The van der Waals surface area contributed by atoms with Crippen molar-refractivity contribution in [2.24, 2.45) is 0 Å². The molecule has 0 amide bonds. The Kier molecular flexibility index (Phi) is 3.86. The number of carbonyl (C=O) groups is 1. The molecule has 0 atom stereocenters. The lowest BCUT2D eigenvalue weighted by atomic mass is 10.2. The van der Waals surface area contributed by atoms with E-state index in [0.29, 0.717) is 22.5 Å². The maximum absolute atomic E-state index is 10.6. The SMILES string of the molecule is CC.Cc1c[nH]c2ncc(C=O)c(Cl)c12. The second-order valence-corrected chi connectivity index (χ2v) is 3.22. The molecule has 15 heavy (non-hydrogen) atoms. The van der Waals surface area contributed by atoms with Gasteiger partial charge in [-0.3, -0.25) is 4.79 Å². The lowest BCUT2D eigenvalue weighted by Crippen LogP contribution is -1.86. The lowest BCUT2D eigenvalue weighted by molar-refractivity contribution is 0.112. The van der Waals surface area contributed by atoms with E-state index in [1.165, 1.54) is 6.20 Å². The van der Waals surface area contributed by atoms with Crippen LogP contribution >= 0.6 is 11.6 Å². The van der Waals surface area contributed by atoms with Crippen LogP contribution in [0.15, 0.2) is 12.4 Å². The van der Waals surface area contributed by atoms with E-state index < -0.39 is 0 Å². The number of aromatic amines is 1. The summed E-state index contributed by atoms with van der Waals surface area (Å²) in [5.74, 6) is 0. The molecule has 0 aliphatic carbocycles. The van der Waals surface area contributed by atoms with Crippen LogP contribution in [0.2, 0.25) is 5.02 Å². The molecule has 2 aromatic rings. The van der Waals surface area contributed by atoms with Crippen LogP contribution in [0.25, 0.3) is 11.0 Å². The van der Waals surface area contributed by atoms with E-state index in [-0.39, 0.29) is 0 Å². The third kappa shape index (κ3) is 2.02. The second-order valence-electron chi connectivity index (χ2n) is 2.84. The monoisotopic (exact) mass is 224 g/mol. The van der Waals surface area contributed by atoms with Crippen molar-refractivity contribution >= 4 is 28.9 Å². The maximum Gasteiger partial charge on any atom is 0.153 e. The fraction of sp³-hybridized carbons (Fsp3) is 0.273. The van der Waals surface area contributed by atoms with Gasteiger partial charge < -0.3 is 4.98 Å². The number of hydrogen-bond acceptors (Lipinski definition) is 2. The highest BCUT2D eigenvalue weighted by Crippen LogP contribution is 2.26. The summed E-state index contributed by atoms with van der Waals surface area (Å²) in [5, 5.41) is 1.30. The minimum atomic E-state index is 0.428. The number of nitrogens with zero attached hydrogens (tertiary/aromatic N) is 1. The number of carbonyl (C=O) groups excluding carboxylic acids is 1. The molecule has 2 rings (SSSR count). The summed E-state index contributed by atoms with van der Waals surface area (Å²) < 4.78 is 0. The van der Waals surface area contributed by atoms with Gasteiger partial charge in [0, 0.05) is 17.8 Å². The average molecular weight is 225 g/mol. The molecule has 0 bridgehead atoms. The standard InChI is InChI=1S/C9H7ClN2O.C2H6/c1-5-2-11-9-7(5)8(10)6(4-13)3-12-9;1-2/h2-4H,1H3,(H,11,12);1-2H3. The number of rotatable bonds is 1. The Balaban J connectivity index is 0.000000531. The van der Waals surface area contributed by atoms with Gasteiger partial charge in [-0.1, -0.05) is 25.4 Å². The fourth-order valence-electron chi connectivity index (χ4n) is 1.30. The highest BCUT2D eigenvalue weighted by Gasteiger charge is 2.09. The molecule has 2 aromatic heterocycles. The summed E-state index contributed by atoms with van der Waals surface area (Å²) in [6, 6.07) is 0. The molecule has 0 unspecified atom stereocenters. The Labute approximate surface area is 93.5 Å². The molecule has 0 fully saturated rings. The van der Waals surface area contributed by atoms with Gasteiger partial charge in [-0.05, 0) is 12.5 Å². The molecule has 0 aliphatic rings. The van der Waals surface area contributed by atoms with Crippen molar-refractivity contribution in [3.63, 3.8) is 0 Å². The largest absolute Gasteiger partial charge is 0.346 e. The Morgan fingerprint density at radius 3 is 2.73 bits per heavy atom. The van der Waals surface area contributed by atoms with Crippen molar-refractivity contribution in [3.05, 3.63) is 28.5 Å². The number of nitrogens with one attached hydrogen (secondary N) is 1. The zero-order valence-corrected chi connectivity index (χ0v) is 9.72. The smallest absolute Gasteiger partial charge is 0.153 e. The quantitative estimate of drug-likeness (QED) is 0.755. The van der Waals surface area contributed by atoms with E-state index in [2.05, 4.69) is 9.97 Å². The summed E-state index contributed by atoms with van der Waals surface area (Å²) in [4.78, 5) is 17.6. The molecular weight excluding hydrogens is 212 g/mol. The zero-order chi connectivity index (χ0) is 11.4. The van der Waals surface area contributed by atoms with Crippen LogP contribution in [0, 0.1) is 6.92 Å².